The largest absolute Gasteiger partial charge is 0.326 e. The van der Waals surface area contributed by atoms with E-state index in [0.717, 1.165) is 0 Å². The monoisotopic (exact) mass is 203 g/mol. The molecule has 1 unspecified atom stereocenters. The third-order valence-corrected chi connectivity index (χ3v) is 3.67. The fourth-order valence-corrected chi connectivity index (χ4v) is 2.51. The summed E-state index contributed by atoms with van der Waals surface area (Å²) < 4.78 is 0. The van der Waals surface area contributed by atoms with Gasteiger partial charge in [0.15, 0.2) is 0 Å². The number of hydrogen-bond acceptors (Lipinski definition) is 1. The number of rotatable bonds is 2. The van der Waals surface area contributed by atoms with Crippen LogP contribution in [0, 0.1) is 5.41 Å². The van der Waals surface area contributed by atoms with Crippen LogP contribution in [0.3, 0.4) is 0 Å². The molecule has 0 heterocycles. The summed E-state index contributed by atoms with van der Waals surface area (Å²) in [5, 5.41) is 0. The molecule has 0 radical (unpaired) electrons. The van der Waals surface area contributed by atoms with Gasteiger partial charge < -0.3 is 5.73 Å². The maximum atomic E-state index is 6.42. The van der Waals surface area contributed by atoms with E-state index in [-0.39, 0.29) is 16.9 Å². The molecule has 0 aromatic heterocycles. The Hall–Kier alpha value is -0.820. The van der Waals surface area contributed by atoms with Gasteiger partial charge in [0, 0.05) is 11.5 Å². The minimum absolute atomic E-state index is 0.187. The van der Waals surface area contributed by atoms with Crippen molar-refractivity contribution in [1.82, 2.24) is 0 Å². The first-order valence-corrected chi connectivity index (χ1v) is 5.78. The Kier molecular flexibility index (Phi) is 2.38. The van der Waals surface area contributed by atoms with Crippen LogP contribution in [-0.2, 0) is 5.41 Å². The second-order valence-electron chi connectivity index (χ2n) is 5.87. The van der Waals surface area contributed by atoms with Crippen LogP contribution in [0.25, 0.3) is 0 Å². The third-order valence-electron chi connectivity index (χ3n) is 3.67. The lowest BCUT2D eigenvalue weighted by Gasteiger charge is -2.35. The maximum absolute atomic E-state index is 6.42. The molecule has 1 aliphatic rings. The van der Waals surface area contributed by atoms with Gasteiger partial charge in [-0.3, -0.25) is 0 Å². The van der Waals surface area contributed by atoms with Crippen molar-refractivity contribution in [2.45, 2.75) is 45.1 Å². The summed E-state index contributed by atoms with van der Waals surface area (Å²) >= 11 is 0. The molecule has 1 aliphatic carbocycles. The van der Waals surface area contributed by atoms with E-state index >= 15 is 0 Å². The molecule has 2 rings (SSSR count). The molecule has 82 valence electrons. The van der Waals surface area contributed by atoms with Gasteiger partial charge in [-0.25, -0.2) is 0 Å². The first kappa shape index (κ1) is 10.7. The van der Waals surface area contributed by atoms with Gasteiger partial charge in [0.2, 0.25) is 0 Å². The lowest BCUT2D eigenvalue weighted by molar-refractivity contribution is 0.268. The fourth-order valence-electron chi connectivity index (χ4n) is 2.51. The maximum Gasteiger partial charge on any atom is 0.0185 e. The Balaban J connectivity index is 2.29. The minimum Gasteiger partial charge on any atom is -0.326 e. The summed E-state index contributed by atoms with van der Waals surface area (Å²) in [6.07, 6.45) is 2.49. The molecule has 1 heteroatoms. The zero-order valence-corrected chi connectivity index (χ0v) is 9.96. The summed E-state index contributed by atoms with van der Waals surface area (Å²) in [6.45, 7) is 6.71. The lowest BCUT2D eigenvalue weighted by atomic mass is 9.74. The minimum atomic E-state index is 0.187. The molecule has 1 nitrogen and oxygen atoms in total. The molecular weight excluding hydrogens is 182 g/mol. The molecule has 1 fully saturated rings. The van der Waals surface area contributed by atoms with E-state index in [9.17, 15) is 0 Å². The molecule has 0 amide bonds. The van der Waals surface area contributed by atoms with E-state index in [4.69, 9.17) is 5.73 Å². The van der Waals surface area contributed by atoms with Crippen LogP contribution in [0.5, 0.6) is 0 Å². The topological polar surface area (TPSA) is 26.0 Å². The Morgan fingerprint density at radius 3 is 2.07 bits per heavy atom. The van der Waals surface area contributed by atoms with Gasteiger partial charge in [-0.2, -0.15) is 0 Å². The van der Waals surface area contributed by atoms with Crippen molar-refractivity contribution in [3.8, 4) is 0 Å². The molecule has 15 heavy (non-hydrogen) atoms. The molecule has 0 bridgehead atoms. The van der Waals surface area contributed by atoms with Gasteiger partial charge in [-0.1, -0.05) is 51.1 Å². The van der Waals surface area contributed by atoms with E-state index in [2.05, 4.69) is 51.1 Å². The van der Waals surface area contributed by atoms with Gasteiger partial charge in [-0.15, -0.1) is 0 Å². The second kappa shape index (κ2) is 3.34. The molecule has 1 aromatic carbocycles. The Bertz CT molecular complexity index is 330. The zero-order chi connectivity index (χ0) is 11.1. The Morgan fingerprint density at radius 1 is 1.13 bits per heavy atom. The van der Waals surface area contributed by atoms with Crippen molar-refractivity contribution in [2.75, 3.05) is 0 Å². The van der Waals surface area contributed by atoms with Crippen LogP contribution in [0.1, 0.15) is 39.2 Å². The highest BCUT2D eigenvalue weighted by atomic mass is 14.8. The average Bonchev–Trinajstić information content (AvgIpc) is 2.97. The van der Waals surface area contributed by atoms with Crippen LogP contribution < -0.4 is 5.73 Å². The molecule has 0 saturated heterocycles. The SMILES string of the molecule is CC(C)(C)C(N)C1(c2ccccc2)CC1. The number of benzene rings is 1. The van der Waals surface area contributed by atoms with Gasteiger partial charge in [0.05, 0.1) is 0 Å². The second-order valence-corrected chi connectivity index (χ2v) is 5.87. The summed E-state index contributed by atoms with van der Waals surface area (Å²) in [5.74, 6) is 0. The highest BCUT2D eigenvalue weighted by Gasteiger charge is 2.52. The first-order chi connectivity index (χ1) is 6.97. The van der Waals surface area contributed by atoms with Crippen molar-refractivity contribution >= 4 is 0 Å². The van der Waals surface area contributed by atoms with E-state index in [1.165, 1.54) is 18.4 Å². The lowest BCUT2D eigenvalue weighted by Crippen LogP contribution is -2.45. The molecular formula is C14H21N. The fraction of sp³-hybridized carbons (Fsp3) is 0.571. The van der Waals surface area contributed by atoms with Crippen LogP contribution in [0.4, 0.5) is 0 Å². The van der Waals surface area contributed by atoms with Crippen molar-refractivity contribution in [3.05, 3.63) is 35.9 Å². The van der Waals surface area contributed by atoms with E-state index < -0.39 is 0 Å². The normalized spacial score (nSPS) is 21.1. The van der Waals surface area contributed by atoms with Gasteiger partial charge in [0.25, 0.3) is 0 Å². The quantitative estimate of drug-likeness (QED) is 0.785. The highest BCUT2D eigenvalue weighted by Crippen LogP contribution is 2.53. The van der Waals surface area contributed by atoms with Crippen LogP contribution >= 0.6 is 0 Å². The van der Waals surface area contributed by atoms with E-state index in [1.54, 1.807) is 0 Å². The van der Waals surface area contributed by atoms with Gasteiger partial charge >= 0.3 is 0 Å². The number of hydrogen-bond donors (Lipinski definition) is 1. The van der Waals surface area contributed by atoms with Crippen molar-refractivity contribution in [3.63, 3.8) is 0 Å². The highest BCUT2D eigenvalue weighted by molar-refractivity contribution is 5.34. The third kappa shape index (κ3) is 1.81. The summed E-state index contributed by atoms with van der Waals surface area (Å²) in [5.41, 5.74) is 8.30. The summed E-state index contributed by atoms with van der Waals surface area (Å²) in [6, 6.07) is 11.0. The Labute approximate surface area is 92.7 Å². The first-order valence-electron chi connectivity index (χ1n) is 5.78. The van der Waals surface area contributed by atoms with E-state index in [1.807, 2.05) is 0 Å². The summed E-state index contributed by atoms with van der Waals surface area (Å²) in [7, 11) is 0. The molecule has 1 atom stereocenters. The van der Waals surface area contributed by atoms with Gasteiger partial charge in [-0.05, 0) is 23.8 Å². The Morgan fingerprint density at radius 2 is 1.67 bits per heavy atom. The molecule has 0 aliphatic heterocycles. The predicted molar refractivity (Wildman–Crippen MR) is 64.8 cm³/mol. The smallest absolute Gasteiger partial charge is 0.0185 e. The van der Waals surface area contributed by atoms with Crippen LogP contribution in [-0.4, -0.2) is 6.04 Å². The van der Waals surface area contributed by atoms with Crippen molar-refractivity contribution in [1.29, 1.82) is 0 Å². The predicted octanol–water partition coefficient (Wildman–Crippen LogP) is 3.09. The molecule has 2 N–H and O–H groups in total. The van der Waals surface area contributed by atoms with E-state index in [0.29, 0.717) is 0 Å². The number of nitrogens with two attached hydrogens (primary N) is 1. The summed E-state index contributed by atoms with van der Waals surface area (Å²) in [4.78, 5) is 0. The van der Waals surface area contributed by atoms with Gasteiger partial charge in [0.1, 0.15) is 0 Å². The average molecular weight is 203 g/mol. The molecule has 1 saturated carbocycles. The van der Waals surface area contributed by atoms with Crippen molar-refractivity contribution < 1.29 is 0 Å². The zero-order valence-electron chi connectivity index (χ0n) is 9.96. The van der Waals surface area contributed by atoms with Crippen molar-refractivity contribution in [2.24, 2.45) is 11.1 Å². The van der Waals surface area contributed by atoms with Crippen LogP contribution in [0.15, 0.2) is 30.3 Å². The molecule has 1 aromatic rings. The molecule has 0 spiro atoms. The standard InChI is InChI=1S/C14H21N/c1-13(2,3)12(15)14(9-10-14)11-7-5-4-6-8-11/h4-8,12H,9-10,15H2,1-3H3. The van der Waals surface area contributed by atoms with Crippen LogP contribution in [0.2, 0.25) is 0 Å².